The topological polar surface area (TPSA) is 140 Å². The van der Waals surface area contributed by atoms with E-state index in [0.717, 1.165) is 64.2 Å². The molecule has 0 bridgehead atoms. The number of fused-ring (bicyclic) bond motifs is 1. The van der Waals surface area contributed by atoms with Crippen LogP contribution in [0.15, 0.2) is 24.5 Å². The Morgan fingerprint density at radius 3 is 2.54 bits per heavy atom. The highest BCUT2D eigenvalue weighted by Crippen LogP contribution is 2.39. The van der Waals surface area contributed by atoms with Crippen LogP contribution in [0.3, 0.4) is 0 Å². The van der Waals surface area contributed by atoms with Crippen molar-refractivity contribution in [2.24, 2.45) is 0 Å². The van der Waals surface area contributed by atoms with Crippen LogP contribution in [-0.2, 0) is 24.2 Å². The number of methoxy groups -OCH3 is 1. The van der Waals surface area contributed by atoms with Gasteiger partial charge in [0.25, 0.3) is 0 Å². The minimum absolute atomic E-state index is 0.0563. The molecule has 2 saturated carbocycles. The minimum atomic E-state index is -3.96. The molecule has 0 radical (unpaired) electrons. The summed E-state index contributed by atoms with van der Waals surface area (Å²) in [7, 11) is -2.56. The van der Waals surface area contributed by atoms with Gasteiger partial charge in [0.1, 0.15) is 10.8 Å². The third-order valence-electron chi connectivity index (χ3n) is 6.44. The molecule has 37 heavy (non-hydrogen) atoms. The molecule has 3 aromatic rings. The van der Waals surface area contributed by atoms with Crippen LogP contribution in [-0.4, -0.2) is 67.2 Å². The Morgan fingerprint density at radius 2 is 1.89 bits per heavy atom. The monoisotopic (exact) mass is 543 g/mol. The summed E-state index contributed by atoms with van der Waals surface area (Å²) in [5.74, 6) is -0.139. The predicted molar refractivity (Wildman–Crippen MR) is 140 cm³/mol. The van der Waals surface area contributed by atoms with Gasteiger partial charge in [-0.2, -0.15) is 0 Å². The highest BCUT2D eigenvalue weighted by atomic mass is 32.2. The molecule has 0 spiro atoms. The van der Waals surface area contributed by atoms with Crippen molar-refractivity contribution < 1.29 is 22.7 Å². The second kappa shape index (κ2) is 10.4. The SMILES string of the molecule is COCCS(=O)(=O)C(C(=O)NCC(=O)NC1CC1)c1nc2cc(C)c(-c3cnc(C4CC4)nc3)cc2s1. The van der Waals surface area contributed by atoms with Gasteiger partial charge in [-0.15, -0.1) is 11.3 Å². The summed E-state index contributed by atoms with van der Waals surface area (Å²) in [6.45, 7) is 1.59. The fourth-order valence-corrected chi connectivity index (χ4v) is 7.02. The number of carbonyl (C=O) groups excluding carboxylic acids is 2. The number of aromatic nitrogens is 3. The summed E-state index contributed by atoms with van der Waals surface area (Å²) < 4.78 is 32.1. The molecular weight excluding hydrogens is 514 g/mol. The number of thiazole rings is 1. The van der Waals surface area contributed by atoms with Gasteiger partial charge in [-0.05, 0) is 55.9 Å². The first-order valence-corrected chi connectivity index (χ1v) is 14.8. The zero-order chi connectivity index (χ0) is 26.2. The van der Waals surface area contributed by atoms with E-state index >= 15 is 0 Å². The zero-order valence-electron chi connectivity index (χ0n) is 20.7. The van der Waals surface area contributed by atoms with Crippen molar-refractivity contribution in [3.8, 4) is 11.1 Å². The van der Waals surface area contributed by atoms with Gasteiger partial charge in [-0.1, -0.05) is 0 Å². The molecule has 2 aromatic heterocycles. The lowest BCUT2D eigenvalue weighted by Gasteiger charge is -2.15. The standard InChI is InChI=1S/C25H29N5O5S2/c1-14-9-19-20(10-18(14)16-11-26-23(27-12-16)15-3-4-15)36-25(30-19)22(37(33,34)8-7-35-2)24(32)28-13-21(31)29-17-5-6-17/h9-12,15,17,22H,3-8,13H2,1-2H3,(H,28,32)(H,29,31). The fraction of sp³-hybridized carbons (Fsp3) is 0.480. The predicted octanol–water partition coefficient (Wildman–Crippen LogP) is 2.44. The molecule has 1 unspecified atom stereocenters. The average molecular weight is 544 g/mol. The summed E-state index contributed by atoms with van der Waals surface area (Å²) >= 11 is 1.15. The van der Waals surface area contributed by atoms with Crippen LogP contribution in [0, 0.1) is 6.92 Å². The van der Waals surface area contributed by atoms with Crippen LogP contribution in [0.4, 0.5) is 0 Å². The molecule has 2 aliphatic rings. The van der Waals surface area contributed by atoms with E-state index in [9.17, 15) is 18.0 Å². The zero-order valence-corrected chi connectivity index (χ0v) is 22.3. The van der Waals surface area contributed by atoms with Crippen molar-refractivity contribution in [1.82, 2.24) is 25.6 Å². The third kappa shape index (κ3) is 5.97. The summed E-state index contributed by atoms with van der Waals surface area (Å²) in [6.07, 6.45) is 7.71. The highest BCUT2D eigenvalue weighted by molar-refractivity contribution is 7.92. The molecule has 10 nitrogen and oxygen atoms in total. The number of aryl methyl sites for hydroxylation is 1. The molecule has 12 heteroatoms. The quantitative estimate of drug-likeness (QED) is 0.376. The normalized spacial score (nSPS) is 16.5. The van der Waals surface area contributed by atoms with E-state index in [4.69, 9.17) is 4.74 Å². The molecule has 1 aromatic carbocycles. The molecule has 2 fully saturated rings. The Kier molecular flexibility index (Phi) is 7.24. The van der Waals surface area contributed by atoms with Gasteiger partial charge in [-0.25, -0.2) is 23.4 Å². The fourth-order valence-electron chi connectivity index (χ4n) is 4.06. The average Bonchev–Trinajstić information content (AvgIpc) is 3.80. The number of ether oxygens (including phenoxy) is 1. The Balaban J connectivity index is 1.44. The lowest BCUT2D eigenvalue weighted by Crippen LogP contribution is -2.41. The maximum atomic E-state index is 13.2. The first kappa shape index (κ1) is 25.7. The molecule has 2 heterocycles. The van der Waals surface area contributed by atoms with Crippen LogP contribution in [0.5, 0.6) is 0 Å². The van der Waals surface area contributed by atoms with E-state index in [1.54, 1.807) is 0 Å². The molecule has 196 valence electrons. The van der Waals surface area contributed by atoms with Crippen LogP contribution >= 0.6 is 11.3 Å². The van der Waals surface area contributed by atoms with Crippen molar-refractivity contribution in [2.75, 3.05) is 26.0 Å². The molecule has 2 amide bonds. The van der Waals surface area contributed by atoms with E-state index in [1.807, 2.05) is 31.5 Å². The second-order valence-corrected chi connectivity index (χ2v) is 12.9. The number of hydrogen-bond acceptors (Lipinski definition) is 9. The maximum Gasteiger partial charge on any atom is 0.245 e. The summed E-state index contributed by atoms with van der Waals surface area (Å²) in [4.78, 5) is 38.8. The lowest BCUT2D eigenvalue weighted by atomic mass is 10.0. The van der Waals surface area contributed by atoms with Gasteiger partial charge in [-0.3, -0.25) is 9.59 Å². The van der Waals surface area contributed by atoms with Crippen LogP contribution in [0.2, 0.25) is 0 Å². The van der Waals surface area contributed by atoms with E-state index in [0.29, 0.717) is 11.4 Å². The second-order valence-electron chi connectivity index (χ2n) is 9.59. The first-order chi connectivity index (χ1) is 17.7. The third-order valence-corrected chi connectivity index (χ3v) is 9.56. The van der Waals surface area contributed by atoms with E-state index in [2.05, 4.69) is 25.6 Å². The Bertz CT molecular complexity index is 1430. The molecular formula is C25H29N5O5S2. The molecule has 2 N–H and O–H groups in total. The highest BCUT2D eigenvalue weighted by Gasteiger charge is 2.37. The van der Waals surface area contributed by atoms with E-state index in [-0.39, 0.29) is 35.9 Å². The molecule has 1 atom stereocenters. The number of hydrogen-bond donors (Lipinski definition) is 2. The Morgan fingerprint density at radius 1 is 1.16 bits per heavy atom. The molecule has 0 saturated heterocycles. The summed E-state index contributed by atoms with van der Waals surface area (Å²) in [5.41, 5.74) is 3.32. The van der Waals surface area contributed by atoms with Crippen LogP contribution < -0.4 is 10.6 Å². The Labute approximate surface area is 219 Å². The van der Waals surface area contributed by atoms with Crippen molar-refractivity contribution in [2.45, 2.75) is 49.8 Å². The first-order valence-electron chi connectivity index (χ1n) is 12.3. The molecule has 5 rings (SSSR count). The van der Waals surface area contributed by atoms with Crippen molar-refractivity contribution in [1.29, 1.82) is 0 Å². The smallest absolute Gasteiger partial charge is 0.245 e. The van der Waals surface area contributed by atoms with Crippen molar-refractivity contribution in [3.63, 3.8) is 0 Å². The number of amides is 2. The van der Waals surface area contributed by atoms with Gasteiger partial charge in [0, 0.05) is 37.0 Å². The number of rotatable bonds is 11. The largest absolute Gasteiger partial charge is 0.384 e. The van der Waals surface area contributed by atoms with Crippen LogP contribution in [0.1, 0.15) is 53.2 Å². The van der Waals surface area contributed by atoms with Gasteiger partial charge in [0.2, 0.25) is 11.8 Å². The van der Waals surface area contributed by atoms with Crippen molar-refractivity contribution in [3.05, 3.63) is 40.9 Å². The minimum Gasteiger partial charge on any atom is -0.384 e. The number of nitrogens with zero attached hydrogens (tertiary/aromatic N) is 3. The molecule has 0 aliphatic heterocycles. The van der Waals surface area contributed by atoms with Gasteiger partial charge in [0.05, 0.1) is 29.1 Å². The lowest BCUT2D eigenvalue weighted by molar-refractivity contribution is -0.126. The Hall–Kier alpha value is -2.96. The van der Waals surface area contributed by atoms with Gasteiger partial charge < -0.3 is 15.4 Å². The van der Waals surface area contributed by atoms with Gasteiger partial charge >= 0.3 is 0 Å². The number of carbonyl (C=O) groups is 2. The number of nitrogens with one attached hydrogen (secondary N) is 2. The van der Waals surface area contributed by atoms with E-state index in [1.165, 1.54) is 7.11 Å². The maximum absolute atomic E-state index is 13.2. The van der Waals surface area contributed by atoms with Gasteiger partial charge in [0.15, 0.2) is 15.1 Å². The van der Waals surface area contributed by atoms with E-state index < -0.39 is 21.0 Å². The summed E-state index contributed by atoms with van der Waals surface area (Å²) in [5, 5.41) is 3.88. The molecule has 2 aliphatic carbocycles. The van der Waals surface area contributed by atoms with Crippen LogP contribution in [0.25, 0.3) is 21.3 Å². The number of sulfone groups is 1. The number of benzene rings is 1. The van der Waals surface area contributed by atoms with Crippen molar-refractivity contribution >= 4 is 43.2 Å². The summed E-state index contributed by atoms with van der Waals surface area (Å²) in [6, 6.07) is 3.95.